The molecule has 5 nitrogen and oxygen atoms in total. The molecule has 1 amide bonds. The van der Waals surface area contributed by atoms with Crippen molar-refractivity contribution in [3.05, 3.63) is 113 Å². The molecule has 0 saturated heterocycles. The summed E-state index contributed by atoms with van der Waals surface area (Å²) in [7, 11) is 0. The van der Waals surface area contributed by atoms with E-state index in [0.29, 0.717) is 40.6 Å². The zero-order valence-corrected chi connectivity index (χ0v) is 19.1. The third-order valence-corrected chi connectivity index (χ3v) is 5.55. The van der Waals surface area contributed by atoms with Crippen LogP contribution in [-0.4, -0.2) is 10.9 Å². The molecular weight excluding hydrogens is 480 g/mol. The molecular formula is C27H19BrN2O3. The Balaban J connectivity index is 1.30. The monoisotopic (exact) mass is 498 g/mol. The minimum Gasteiger partial charge on any atom is -0.489 e. The summed E-state index contributed by atoms with van der Waals surface area (Å²) in [5.41, 5.74) is 4.41. The number of carbonyl (C=O) groups excluding carboxylic acids is 1. The number of amides is 1. The smallest absolute Gasteiger partial charge is 0.255 e. The van der Waals surface area contributed by atoms with Gasteiger partial charge in [0.05, 0.1) is 0 Å². The van der Waals surface area contributed by atoms with Gasteiger partial charge in [0, 0.05) is 21.3 Å². The van der Waals surface area contributed by atoms with Crippen molar-refractivity contribution in [1.82, 2.24) is 4.98 Å². The zero-order valence-electron chi connectivity index (χ0n) is 17.5. The van der Waals surface area contributed by atoms with Crippen LogP contribution in [0.4, 0.5) is 5.69 Å². The highest BCUT2D eigenvalue weighted by Crippen LogP contribution is 2.28. The fraction of sp³-hybridized carbons (Fsp3) is 0.0370. The number of halogens is 1. The maximum atomic E-state index is 12.8. The fourth-order valence-corrected chi connectivity index (χ4v) is 3.82. The van der Waals surface area contributed by atoms with Crippen molar-refractivity contribution in [3.63, 3.8) is 0 Å². The van der Waals surface area contributed by atoms with Crippen molar-refractivity contribution in [2.24, 2.45) is 0 Å². The summed E-state index contributed by atoms with van der Waals surface area (Å²) in [5.74, 6) is 0.936. The second-order valence-corrected chi connectivity index (χ2v) is 8.38. The minimum atomic E-state index is -0.227. The normalized spacial score (nSPS) is 10.8. The average molecular weight is 499 g/mol. The summed E-state index contributed by atoms with van der Waals surface area (Å²) in [4.78, 5) is 17.4. The Bertz CT molecular complexity index is 1430. The SMILES string of the molecule is O=C(Nc1ccc2oc(-c3cccc(Br)c3)nc2c1)c1cccc(OCc2ccccc2)c1. The van der Waals surface area contributed by atoms with Gasteiger partial charge in [-0.2, -0.15) is 0 Å². The van der Waals surface area contributed by atoms with Gasteiger partial charge in [0.25, 0.3) is 5.91 Å². The Kier molecular flexibility index (Phi) is 5.91. The molecule has 0 aliphatic carbocycles. The fourth-order valence-electron chi connectivity index (χ4n) is 3.42. The lowest BCUT2D eigenvalue weighted by Crippen LogP contribution is -2.12. The molecule has 0 spiro atoms. The molecule has 0 aliphatic rings. The van der Waals surface area contributed by atoms with Crippen LogP contribution in [0.15, 0.2) is 106 Å². The Morgan fingerprint density at radius 1 is 0.909 bits per heavy atom. The summed E-state index contributed by atoms with van der Waals surface area (Å²) in [5, 5.41) is 2.93. The van der Waals surface area contributed by atoms with E-state index >= 15 is 0 Å². The maximum Gasteiger partial charge on any atom is 0.255 e. The number of carbonyl (C=O) groups is 1. The average Bonchev–Trinajstić information content (AvgIpc) is 3.27. The van der Waals surface area contributed by atoms with Gasteiger partial charge < -0.3 is 14.5 Å². The molecule has 5 rings (SSSR count). The summed E-state index contributed by atoms with van der Waals surface area (Å²) in [6.45, 7) is 0.440. The van der Waals surface area contributed by atoms with Crippen LogP contribution >= 0.6 is 15.9 Å². The number of ether oxygens (including phenoxy) is 1. The number of nitrogens with one attached hydrogen (secondary N) is 1. The molecule has 162 valence electrons. The number of hydrogen-bond donors (Lipinski definition) is 1. The summed E-state index contributed by atoms with van der Waals surface area (Å²) < 4.78 is 12.7. The van der Waals surface area contributed by atoms with Crippen LogP contribution in [-0.2, 0) is 6.61 Å². The molecule has 0 aliphatic heterocycles. The topological polar surface area (TPSA) is 64.4 Å². The Morgan fingerprint density at radius 3 is 2.61 bits per heavy atom. The zero-order chi connectivity index (χ0) is 22.6. The van der Waals surface area contributed by atoms with E-state index < -0.39 is 0 Å². The number of benzene rings is 4. The third kappa shape index (κ3) is 4.96. The van der Waals surface area contributed by atoms with E-state index in [9.17, 15) is 4.79 Å². The van der Waals surface area contributed by atoms with Gasteiger partial charge in [0.15, 0.2) is 5.58 Å². The highest BCUT2D eigenvalue weighted by molar-refractivity contribution is 9.10. The Labute approximate surface area is 199 Å². The van der Waals surface area contributed by atoms with E-state index in [-0.39, 0.29) is 5.91 Å². The molecule has 1 heterocycles. The third-order valence-electron chi connectivity index (χ3n) is 5.06. The van der Waals surface area contributed by atoms with E-state index in [4.69, 9.17) is 9.15 Å². The van der Waals surface area contributed by atoms with Gasteiger partial charge in [-0.15, -0.1) is 0 Å². The number of anilines is 1. The minimum absolute atomic E-state index is 0.227. The molecule has 4 aromatic carbocycles. The van der Waals surface area contributed by atoms with E-state index in [0.717, 1.165) is 15.6 Å². The lowest BCUT2D eigenvalue weighted by Gasteiger charge is -2.09. The number of hydrogen-bond acceptors (Lipinski definition) is 4. The second-order valence-electron chi connectivity index (χ2n) is 7.47. The molecule has 0 fully saturated rings. The van der Waals surface area contributed by atoms with Gasteiger partial charge in [0.1, 0.15) is 17.9 Å². The first-order chi connectivity index (χ1) is 16.1. The number of aromatic nitrogens is 1. The number of nitrogens with zero attached hydrogens (tertiary/aromatic N) is 1. The molecule has 0 unspecified atom stereocenters. The van der Waals surface area contributed by atoms with Crippen molar-refractivity contribution in [2.75, 3.05) is 5.32 Å². The summed E-state index contributed by atoms with van der Waals surface area (Å²) in [6, 6.07) is 30.2. The van der Waals surface area contributed by atoms with Crippen molar-refractivity contribution in [1.29, 1.82) is 0 Å². The Hall–Kier alpha value is -3.90. The van der Waals surface area contributed by atoms with Crippen LogP contribution in [0.2, 0.25) is 0 Å². The van der Waals surface area contributed by atoms with Gasteiger partial charge >= 0.3 is 0 Å². The second kappa shape index (κ2) is 9.30. The first-order valence-electron chi connectivity index (χ1n) is 10.4. The number of fused-ring (bicyclic) bond motifs is 1. The van der Waals surface area contributed by atoms with Gasteiger partial charge in [0.2, 0.25) is 5.89 Å². The summed E-state index contributed by atoms with van der Waals surface area (Å²) >= 11 is 3.46. The standard InChI is InChI=1S/C27H19BrN2O3/c28-21-10-4-9-20(14-21)27-30-24-16-22(12-13-25(24)33-27)29-26(31)19-8-5-11-23(15-19)32-17-18-6-2-1-3-7-18/h1-16H,17H2,(H,29,31). The van der Waals surface area contributed by atoms with E-state index in [1.807, 2.05) is 60.7 Å². The molecule has 0 bridgehead atoms. The van der Waals surface area contributed by atoms with E-state index in [2.05, 4.69) is 26.2 Å². The van der Waals surface area contributed by atoms with Gasteiger partial charge in [-0.1, -0.05) is 58.4 Å². The predicted molar refractivity (Wildman–Crippen MR) is 132 cm³/mol. The Morgan fingerprint density at radius 2 is 1.76 bits per heavy atom. The quantitative estimate of drug-likeness (QED) is 0.271. The van der Waals surface area contributed by atoms with Crippen LogP contribution in [0.1, 0.15) is 15.9 Å². The number of rotatable bonds is 6. The molecule has 0 saturated carbocycles. The van der Waals surface area contributed by atoms with Crippen LogP contribution in [0.3, 0.4) is 0 Å². The predicted octanol–water partition coefficient (Wildman–Crippen LogP) is 7.09. The molecule has 0 atom stereocenters. The van der Waals surface area contributed by atoms with Gasteiger partial charge in [-0.05, 0) is 60.2 Å². The van der Waals surface area contributed by atoms with Crippen molar-refractivity contribution in [3.8, 4) is 17.2 Å². The molecule has 0 radical (unpaired) electrons. The largest absolute Gasteiger partial charge is 0.489 e. The molecule has 33 heavy (non-hydrogen) atoms. The summed E-state index contributed by atoms with van der Waals surface area (Å²) in [6.07, 6.45) is 0. The lowest BCUT2D eigenvalue weighted by atomic mass is 10.2. The van der Waals surface area contributed by atoms with Crippen molar-refractivity contribution in [2.45, 2.75) is 6.61 Å². The van der Waals surface area contributed by atoms with Gasteiger partial charge in [-0.3, -0.25) is 4.79 Å². The highest BCUT2D eigenvalue weighted by atomic mass is 79.9. The van der Waals surface area contributed by atoms with Crippen LogP contribution in [0.25, 0.3) is 22.6 Å². The first kappa shape index (κ1) is 21.0. The maximum absolute atomic E-state index is 12.8. The molecule has 5 aromatic rings. The van der Waals surface area contributed by atoms with Crippen molar-refractivity contribution < 1.29 is 13.9 Å². The lowest BCUT2D eigenvalue weighted by molar-refractivity contribution is 0.102. The van der Waals surface area contributed by atoms with E-state index in [1.165, 1.54) is 0 Å². The molecule has 1 N–H and O–H groups in total. The number of oxazole rings is 1. The molecule has 6 heteroatoms. The van der Waals surface area contributed by atoms with Crippen molar-refractivity contribution >= 4 is 38.6 Å². The molecule has 1 aromatic heterocycles. The van der Waals surface area contributed by atoms with Crippen LogP contribution < -0.4 is 10.1 Å². The highest BCUT2D eigenvalue weighted by Gasteiger charge is 2.12. The van der Waals surface area contributed by atoms with Crippen LogP contribution in [0.5, 0.6) is 5.75 Å². The van der Waals surface area contributed by atoms with E-state index in [1.54, 1.807) is 36.4 Å². The van der Waals surface area contributed by atoms with Gasteiger partial charge in [-0.25, -0.2) is 4.98 Å². The van der Waals surface area contributed by atoms with Crippen LogP contribution in [0, 0.1) is 0 Å². The first-order valence-corrected chi connectivity index (χ1v) is 11.2.